The van der Waals surface area contributed by atoms with Gasteiger partial charge in [-0.3, -0.25) is 4.79 Å². The number of hydrogen-bond acceptors (Lipinski definition) is 6. The van der Waals surface area contributed by atoms with Crippen molar-refractivity contribution in [1.29, 1.82) is 0 Å². The Hall–Kier alpha value is -3.26. The number of hydrogen-bond donors (Lipinski definition) is 2. The first-order valence-electron chi connectivity index (χ1n) is 11.4. The highest BCUT2D eigenvalue weighted by molar-refractivity contribution is 5.74. The van der Waals surface area contributed by atoms with Gasteiger partial charge < -0.3 is 19.9 Å². The molecule has 2 aliphatic heterocycles. The van der Waals surface area contributed by atoms with Crippen LogP contribution in [0, 0.1) is 5.82 Å². The van der Waals surface area contributed by atoms with E-state index in [9.17, 15) is 14.3 Å². The highest BCUT2D eigenvalue weighted by Gasteiger charge is 2.33. The molecule has 2 fully saturated rings. The molecule has 2 saturated heterocycles. The van der Waals surface area contributed by atoms with Crippen LogP contribution in [0.15, 0.2) is 47.4 Å². The molecule has 0 saturated carbocycles. The molecule has 0 amide bonds. The molecule has 7 nitrogen and oxygen atoms in total. The average Bonchev–Trinajstić information content (AvgIpc) is 2.81. The van der Waals surface area contributed by atoms with E-state index in [-0.39, 0.29) is 22.4 Å². The molecule has 0 aliphatic carbocycles. The molecule has 3 atom stereocenters. The predicted octanol–water partition coefficient (Wildman–Crippen LogP) is 3.46. The van der Waals surface area contributed by atoms with Crippen molar-refractivity contribution in [1.82, 2.24) is 20.1 Å². The molecule has 33 heavy (non-hydrogen) atoms. The number of phenols is 1. The van der Waals surface area contributed by atoms with Crippen molar-refractivity contribution < 1.29 is 9.50 Å². The molecule has 4 heterocycles. The summed E-state index contributed by atoms with van der Waals surface area (Å²) in [5, 5.41) is 23.0. The number of fused-ring (bicyclic) bond motifs is 2. The average molecular weight is 450 g/mol. The highest BCUT2D eigenvalue weighted by atomic mass is 19.1. The lowest BCUT2D eigenvalue weighted by Crippen LogP contribution is -2.54. The Balaban J connectivity index is 1.38. The van der Waals surface area contributed by atoms with Crippen molar-refractivity contribution in [3.63, 3.8) is 0 Å². The van der Waals surface area contributed by atoms with Crippen molar-refractivity contribution in [2.75, 3.05) is 11.9 Å². The minimum atomic E-state index is -0.541. The third-order valence-corrected chi connectivity index (χ3v) is 7.03. The molecule has 1 unspecified atom stereocenters. The Kier molecular flexibility index (Phi) is 5.62. The second-order valence-corrected chi connectivity index (χ2v) is 9.22. The molecular formula is C25H28FN5O2. The first kappa shape index (κ1) is 21.6. The van der Waals surface area contributed by atoms with Crippen molar-refractivity contribution in [2.24, 2.45) is 7.05 Å². The van der Waals surface area contributed by atoms with E-state index in [4.69, 9.17) is 0 Å². The number of nitrogens with one attached hydrogen (secondary N) is 1. The molecule has 0 radical (unpaired) electrons. The first-order chi connectivity index (χ1) is 15.9. The number of anilines is 1. The summed E-state index contributed by atoms with van der Waals surface area (Å²) in [6.45, 7) is 0. The standard InChI is InChI=1S/C25H28FN5O2/c1-30-9-8-15(10-25(30)33)19-14-23(32)20(13-21(19)26)22-6-7-24(29-28-22)31(2)18-11-16-4-3-5-17(12-18)27-16/h6-10,13-14,16-18,27,32H,3-5,11-12H2,1-2H3/t16-,17+,18?. The minimum Gasteiger partial charge on any atom is -0.507 e. The fraction of sp³-hybridized carbons (Fsp3) is 0.400. The maximum atomic E-state index is 14.9. The smallest absolute Gasteiger partial charge is 0.250 e. The van der Waals surface area contributed by atoms with Gasteiger partial charge in [0.25, 0.3) is 5.56 Å². The fourth-order valence-electron chi connectivity index (χ4n) is 5.10. The van der Waals surface area contributed by atoms with E-state index >= 15 is 0 Å². The number of rotatable bonds is 4. The van der Waals surface area contributed by atoms with E-state index in [0.29, 0.717) is 29.4 Å². The maximum absolute atomic E-state index is 14.9. The third kappa shape index (κ3) is 4.23. The SMILES string of the molecule is CN(c1ccc(-c2cc(F)c(-c3ccn(C)c(=O)c3)cc2O)nn1)C1C[C@H]2CCC[C@@H](C1)N2. The largest absolute Gasteiger partial charge is 0.507 e. The van der Waals surface area contributed by atoms with Crippen LogP contribution in [0.5, 0.6) is 5.75 Å². The quantitative estimate of drug-likeness (QED) is 0.635. The van der Waals surface area contributed by atoms with Gasteiger partial charge in [0.15, 0.2) is 5.82 Å². The minimum absolute atomic E-state index is 0.117. The summed E-state index contributed by atoms with van der Waals surface area (Å²) >= 11 is 0. The number of aryl methyl sites for hydroxylation is 1. The van der Waals surface area contributed by atoms with Gasteiger partial charge in [-0.1, -0.05) is 6.42 Å². The first-order valence-corrected chi connectivity index (χ1v) is 11.4. The monoisotopic (exact) mass is 449 g/mol. The maximum Gasteiger partial charge on any atom is 0.250 e. The van der Waals surface area contributed by atoms with Crippen LogP contribution in [0.2, 0.25) is 0 Å². The molecule has 0 spiro atoms. The van der Waals surface area contributed by atoms with Gasteiger partial charge in [-0.05, 0) is 61.6 Å². The number of aromatic nitrogens is 3. The summed E-state index contributed by atoms with van der Waals surface area (Å²) in [7, 11) is 3.67. The number of pyridine rings is 1. The Labute approximate surface area is 191 Å². The zero-order valence-electron chi connectivity index (χ0n) is 18.8. The van der Waals surface area contributed by atoms with Crippen molar-refractivity contribution >= 4 is 5.82 Å². The molecule has 2 bridgehead atoms. The molecule has 1 aromatic carbocycles. The highest BCUT2D eigenvalue weighted by Crippen LogP contribution is 2.35. The van der Waals surface area contributed by atoms with Gasteiger partial charge in [-0.25, -0.2) is 4.39 Å². The molecule has 2 N–H and O–H groups in total. The van der Waals surface area contributed by atoms with Crippen LogP contribution >= 0.6 is 0 Å². The van der Waals surface area contributed by atoms with Gasteiger partial charge in [-0.15, -0.1) is 10.2 Å². The molecule has 3 aromatic rings. The summed E-state index contributed by atoms with van der Waals surface area (Å²) < 4.78 is 16.3. The van der Waals surface area contributed by atoms with Gasteiger partial charge in [-0.2, -0.15) is 0 Å². The number of piperidine rings is 2. The Morgan fingerprint density at radius 1 is 1.09 bits per heavy atom. The van der Waals surface area contributed by atoms with Crippen molar-refractivity contribution in [3.05, 3.63) is 58.8 Å². The van der Waals surface area contributed by atoms with E-state index in [1.807, 2.05) is 13.1 Å². The van der Waals surface area contributed by atoms with Gasteiger partial charge in [0.05, 0.1) is 5.69 Å². The molecular weight excluding hydrogens is 421 g/mol. The predicted molar refractivity (Wildman–Crippen MR) is 126 cm³/mol. The number of benzene rings is 1. The van der Waals surface area contributed by atoms with E-state index in [2.05, 4.69) is 20.4 Å². The number of aromatic hydroxyl groups is 1. The molecule has 2 aromatic heterocycles. The lowest BCUT2D eigenvalue weighted by atomic mass is 9.83. The van der Waals surface area contributed by atoms with Crippen LogP contribution in [-0.2, 0) is 7.05 Å². The Bertz CT molecular complexity index is 1210. The van der Waals surface area contributed by atoms with E-state index in [1.54, 1.807) is 25.4 Å². The zero-order chi connectivity index (χ0) is 23.1. The second kappa shape index (κ2) is 8.59. The number of halogens is 1. The lowest BCUT2D eigenvalue weighted by molar-refractivity contribution is 0.219. The Morgan fingerprint density at radius 3 is 2.52 bits per heavy atom. The zero-order valence-corrected chi connectivity index (χ0v) is 18.8. The van der Waals surface area contributed by atoms with Crippen LogP contribution in [0.25, 0.3) is 22.4 Å². The van der Waals surface area contributed by atoms with Crippen LogP contribution in [0.4, 0.5) is 10.2 Å². The van der Waals surface area contributed by atoms with Crippen molar-refractivity contribution in [3.8, 4) is 28.1 Å². The van der Waals surface area contributed by atoms with Gasteiger partial charge >= 0.3 is 0 Å². The summed E-state index contributed by atoms with van der Waals surface area (Å²) in [6.07, 6.45) is 7.50. The normalized spacial score (nSPS) is 22.2. The molecule has 2 aliphatic rings. The Morgan fingerprint density at radius 2 is 1.85 bits per heavy atom. The third-order valence-electron chi connectivity index (χ3n) is 7.03. The van der Waals surface area contributed by atoms with Gasteiger partial charge in [0.1, 0.15) is 11.6 Å². The van der Waals surface area contributed by atoms with E-state index in [0.717, 1.165) is 18.7 Å². The summed E-state index contributed by atoms with van der Waals surface area (Å²) in [6, 6.07) is 10.7. The number of phenolic OH excluding ortho intramolecular Hbond substituents is 1. The van der Waals surface area contributed by atoms with Crippen molar-refractivity contribution in [2.45, 2.75) is 50.2 Å². The van der Waals surface area contributed by atoms with E-state index < -0.39 is 5.82 Å². The van der Waals surface area contributed by atoms with Crippen LogP contribution < -0.4 is 15.8 Å². The summed E-state index contributed by atoms with van der Waals surface area (Å²) in [4.78, 5) is 14.1. The number of nitrogens with zero attached hydrogens (tertiary/aromatic N) is 4. The van der Waals surface area contributed by atoms with Crippen LogP contribution in [0.3, 0.4) is 0 Å². The lowest BCUT2D eigenvalue weighted by Gasteiger charge is -2.43. The van der Waals surface area contributed by atoms with E-state index in [1.165, 1.54) is 42.0 Å². The van der Waals surface area contributed by atoms with Gasteiger partial charge in [0, 0.05) is 55.6 Å². The van der Waals surface area contributed by atoms with Crippen LogP contribution in [0.1, 0.15) is 32.1 Å². The fourth-order valence-corrected chi connectivity index (χ4v) is 5.10. The van der Waals surface area contributed by atoms with Crippen LogP contribution in [-0.4, -0.2) is 45.0 Å². The molecule has 5 rings (SSSR count). The second-order valence-electron chi connectivity index (χ2n) is 9.22. The molecule has 8 heteroatoms. The topological polar surface area (TPSA) is 83.3 Å². The molecule has 172 valence electrons. The van der Waals surface area contributed by atoms with Gasteiger partial charge in [0.2, 0.25) is 0 Å². The summed E-state index contributed by atoms with van der Waals surface area (Å²) in [5.74, 6) is 0.106. The summed E-state index contributed by atoms with van der Waals surface area (Å²) in [5.41, 5.74) is 0.972.